The summed E-state index contributed by atoms with van der Waals surface area (Å²) in [6.07, 6.45) is 2.86. The Morgan fingerprint density at radius 2 is 2.11 bits per heavy atom. The van der Waals surface area contributed by atoms with Gasteiger partial charge in [-0.2, -0.15) is 10.4 Å². The van der Waals surface area contributed by atoms with Gasteiger partial charge in [-0.05, 0) is 31.2 Å². The molecule has 0 aliphatic heterocycles. The first-order valence-electron chi connectivity index (χ1n) is 10.5. The van der Waals surface area contributed by atoms with Crippen molar-refractivity contribution >= 4 is 22.8 Å². The fourth-order valence-corrected chi connectivity index (χ4v) is 3.21. The van der Waals surface area contributed by atoms with Crippen molar-refractivity contribution in [1.29, 1.82) is 5.26 Å². The lowest BCUT2D eigenvalue weighted by Crippen LogP contribution is -2.37. The van der Waals surface area contributed by atoms with E-state index in [1.807, 2.05) is 6.07 Å². The Bertz CT molecular complexity index is 1390. The number of aromatic nitrogens is 5. The normalized spacial score (nSPS) is 11.7. The van der Waals surface area contributed by atoms with Crippen LogP contribution in [0.2, 0.25) is 0 Å². The van der Waals surface area contributed by atoms with E-state index in [1.54, 1.807) is 19.1 Å². The zero-order valence-corrected chi connectivity index (χ0v) is 18.6. The molecular formula is C23H20FN7O4. The first-order valence-corrected chi connectivity index (χ1v) is 10.5. The summed E-state index contributed by atoms with van der Waals surface area (Å²) in [5.74, 6) is -0.686. The minimum Gasteiger partial charge on any atom is -0.461 e. The van der Waals surface area contributed by atoms with Crippen LogP contribution in [0, 0.1) is 24.1 Å². The number of ether oxygens (including phenoxy) is 2. The predicted molar refractivity (Wildman–Crippen MR) is 121 cm³/mol. The van der Waals surface area contributed by atoms with E-state index >= 15 is 0 Å². The minimum atomic E-state index is -1.17. The van der Waals surface area contributed by atoms with Crippen LogP contribution in [-0.2, 0) is 9.53 Å². The van der Waals surface area contributed by atoms with Crippen LogP contribution in [0.5, 0.6) is 5.88 Å². The molecule has 2 N–H and O–H groups in total. The minimum absolute atomic E-state index is 0.00176. The number of fused-ring (bicyclic) bond motifs is 1. The molecule has 1 atom stereocenters. The molecule has 1 unspecified atom stereocenters. The Morgan fingerprint density at radius 3 is 2.86 bits per heavy atom. The van der Waals surface area contributed by atoms with Crippen LogP contribution in [-0.4, -0.2) is 61.7 Å². The molecule has 178 valence electrons. The highest BCUT2D eigenvalue weighted by Crippen LogP contribution is 2.26. The van der Waals surface area contributed by atoms with E-state index < -0.39 is 12.0 Å². The summed E-state index contributed by atoms with van der Waals surface area (Å²) in [5, 5.41) is 25.2. The quantitative estimate of drug-likeness (QED) is 0.345. The first-order chi connectivity index (χ1) is 17.0. The lowest BCUT2D eigenvalue weighted by atomic mass is 10.2. The molecule has 35 heavy (non-hydrogen) atoms. The molecule has 4 aromatic rings. The number of benzene rings is 1. The molecule has 0 spiro atoms. The standard InChI is InChI=1S/C23H20FN7O4/c1-14-17(24)3-2-4-18(14)31-21-16(11-29-31)23(28-13-27-21)35-19(12-34-8-7-32)22(33)30-20-6-5-15(9-25)10-26-20/h2-6,10-11,13,19,32H,7-8,12H2,1H3,(H,26,30,33). The Kier molecular flexibility index (Phi) is 7.20. The maximum absolute atomic E-state index is 14.1. The SMILES string of the molecule is Cc1c(F)cccc1-n1ncc2c(OC(COCCO)C(=O)Nc3ccc(C#N)cn3)ncnc21. The van der Waals surface area contributed by atoms with Gasteiger partial charge in [0.05, 0.1) is 37.3 Å². The van der Waals surface area contributed by atoms with Crippen LogP contribution in [0.25, 0.3) is 16.7 Å². The predicted octanol–water partition coefficient (Wildman–Crippen LogP) is 1.92. The molecule has 0 radical (unpaired) electrons. The summed E-state index contributed by atoms with van der Waals surface area (Å²) in [7, 11) is 0. The molecule has 0 fully saturated rings. The van der Waals surface area contributed by atoms with Crippen LogP contribution in [0.1, 0.15) is 11.1 Å². The van der Waals surface area contributed by atoms with Crippen LogP contribution in [0.4, 0.5) is 10.2 Å². The van der Waals surface area contributed by atoms with Gasteiger partial charge < -0.3 is 19.9 Å². The third-order valence-corrected chi connectivity index (χ3v) is 4.99. The Labute approximate surface area is 198 Å². The van der Waals surface area contributed by atoms with E-state index in [-0.39, 0.29) is 37.3 Å². The number of nitriles is 1. The molecule has 1 aromatic carbocycles. The number of amides is 1. The molecule has 1 amide bonds. The van der Waals surface area contributed by atoms with Crippen molar-refractivity contribution in [2.24, 2.45) is 0 Å². The summed E-state index contributed by atoms with van der Waals surface area (Å²) in [4.78, 5) is 25.3. The maximum atomic E-state index is 14.1. The van der Waals surface area contributed by atoms with E-state index in [4.69, 9.17) is 19.8 Å². The first kappa shape index (κ1) is 23.7. The molecule has 11 nitrogen and oxygen atoms in total. The number of pyridine rings is 1. The van der Waals surface area contributed by atoms with Gasteiger partial charge in [-0.25, -0.2) is 24.0 Å². The van der Waals surface area contributed by atoms with Gasteiger partial charge in [-0.1, -0.05) is 6.07 Å². The number of nitrogens with zero attached hydrogens (tertiary/aromatic N) is 6. The number of aliphatic hydroxyl groups is 1. The Hall–Kier alpha value is -4.47. The fourth-order valence-electron chi connectivity index (χ4n) is 3.21. The highest BCUT2D eigenvalue weighted by atomic mass is 19.1. The topological polar surface area (TPSA) is 148 Å². The number of halogens is 1. The second-order valence-corrected chi connectivity index (χ2v) is 7.29. The van der Waals surface area contributed by atoms with Crippen molar-refractivity contribution in [3.63, 3.8) is 0 Å². The highest BCUT2D eigenvalue weighted by Gasteiger charge is 2.24. The van der Waals surface area contributed by atoms with E-state index in [1.165, 1.54) is 41.6 Å². The van der Waals surface area contributed by atoms with Crippen molar-refractivity contribution < 1.29 is 23.8 Å². The number of anilines is 1. The average molecular weight is 477 g/mol. The van der Waals surface area contributed by atoms with Crippen LogP contribution >= 0.6 is 0 Å². The van der Waals surface area contributed by atoms with Gasteiger partial charge in [0.1, 0.15) is 29.4 Å². The zero-order chi connectivity index (χ0) is 24.8. The molecule has 12 heteroatoms. The van der Waals surface area contributed by atoms with Gasteiger partial charge in [0.25, 0.3) is 5.91 Å². The van der Waals surface area contributed by atoms with E-state index in [0.717, 1.165) is 0 Å². The molecule has 0 saturated carbocycles. The second kappa shape index (κ2) is 10.6. The largest absolute Gasteiger partial charge is 0.461 e. The lowest BCUT2D eigenvalue weighted by Gasteiger charge is -2.18. The lowest BCUT2D eigenvalue weighted by molar-refractivity contribution is -0.125. The number of rotatable bonds is 9. The molecule has 0 aliphatic carbocycles. The molecule has 0 saturated heterocycles. The van der Waals surface area contributed by atoms with Gasteiger partial charge in [0, 0.05) is 11.8 Å². The monoisotopic (exact) mass is 477 g/mol. The second-order valence-electron chi connectivity index (χ2n) is 7.29. The van der Waals surface area contributed by atoms with Gasteiger partial charge in [0.15, 0.2) is 5.65 Å². The number of aliphatic hydroxyl groups excluding tert-OH is 1. The van der Waals surface area contributed by atoms with Crippen LogP contribution < -0.4 is 10.1 Å². The van der Waals surface area contributed by atoms with Crippen molar-refractivity contribution in [1.82, 2.24) is 24.7 Å². The zero-order valence-electron chi connectivity index (χ0n) is 18.6. The summed E-state index contributed by atoms with van der Waals surface area (Å²) in [5.41, 5.74) is 1.59. The maximum Gasteiger partial charge on any atom is 0.269 e. The van der Waals surface area contributed by atoms with Crippen molar-refractivity contribution in [2.45, 2.75) is 13.0 Å². The van der Waals surface area contributed by atoms with Crippen LogP contribution in [0.15, 0.2) is 49.1 Å². The van der Waals surface area contributed by atoms with Crippen LogP contribution in [0.3, 0.4) is 0 Å². The molecule has 4 rings (SSSR count). The Morgan fingerprint density at radius 1 is 1.26 bits per heavy atom. The smallest absolute Gasteiger partial charge is 0.269 e. The van der Waals surface area contributed by atoms with Crippen molar-refractivity contribution in [3.8, 4) is 17.6 Å². The summed E-state index contributed by atoms with van der Waals surface area (Å²) < 4.78 is 26.7. The van der Waals surface area contributed by atoms with Gasteiger partial charge in [0.2, 0.25) is 12.0 Å². The number of hydrogen-bond donors (Lipinski definition) is 2. The summed E-state index contributed by atoms with van der Waals surface area (Å²) in [6.45, 7) is 1.21. The number of carbonyl (C=O) groups is 1. The third-order valence-electron chi connectivity index (χ3n) is 4.99. The van der Waals surface area contributed by atoms with E-state index in [2.05, 4.69) is 25.4 Å². The van der Waals surface area contributed by atoms with Crippen molar-refractivity contribution in [2.75, 3.05) is 25.1 Å². The van der Waals surface area contributed by atoms with Gasteiger partial charge >= 0.3 is 0 Å². The molecule has 0 bridgehead atoms. The van der Waals surface area contributed by atoms with Gasteiger partial charge in [-0.15, -0.1) is 0 Å². The highest BCUT2D eigenvalue weighted by molar-refractivity contribution is 5.94. The third kappa shape index (κ3) is 5.21. The molecule has 3 heterocycles. The molecular weight excluding hydrogens is 457 g/mol. The molecule has 0 aliphatic rings. The number of nitrogens with one attached hydrogen (secondary N) is 1. The number of hydrogen-bond acceptors (Lipinski definition) is 9. The fraction of sp³-hybridized carbons (Fsp3) is 0.217. The average Bonchev–Trinajstić information content (AvgIpc) is 3.30. The summed E-state index contributed by atoms with van der Waals surface area (Å²) >= 11 is 0. The molecule has 3 aromatic heterocycles. The van der Waals surface area contributed by atoms with Gasteiger partial charge in [-0.3, -0.25) is 4.79 Å². The number of carbonyl (C=O) groups excluding carboxylic acids is 1. The summed E-state index contributed by atoms with van der Waals surface area (Å²) in [6, 6.07) is 9.57. The van der Waals surface area contributed by atoms with Crippen molar-refractivity contribution in [3.05, 3.63) is 66.0 Å². The van der Waals surface area contributed by atoms with E-state index in [9.17, 15) is 9.18 Å². The van der Waals surface area contributed by atoms with E-state index in [0.29, 0.717) is 27.8 Å². The Balaban J connectivity index is 1.62.